The highest BCUT2D eigenvalue weighted by molar-refractivity contribution is 5.98. The van der Waals surface area contributed by atoms with Gasteiger partial charge < -0.3 is 9.88 Å². The second-order valence-electron chi connectivity index (χ2n) is 5.38. The van der Waals surface area contributed by atoms with Gasteiger partial charge in [0.1, 0.15) is 5.69 Å². The molecule has 0 spiro atoms. The second-order valence-corrected chi connectivity index (χ2v) is 5.38. The molecule has 6 nitrogen and oxygen atoms in total. The van der Waals surface area contributed by atoms with E-state index in [0.717, 1.165) is 16.6 Å². The van der Waals surface area contributed by atoms with E-state index >= 15 is 0 Å². The third-order valence-electron chi connectivity index (χ3n) is 3.98. The van der Waals surface area contributed by atoms with Crippen molar-refractivity contribution in [3.63, 3.8) is 0 Å². The van der Waals surface area contributed by atoms with Crippen molar-refractivity contribution in [2.24, 2.45) is 7.05 Å². The first-order valence-electron chi connectivity index (χ1n) is 7.35. The molecule has 0 aliphatic carbocycles. The number of benzene rings is 1. The third kappa shape index (κ3) is 2.24. The van der Waals surface area contributed by atoms with Crippen LogP contribution in [0.2, 0.25) is 0 Å². The Kier molecular flexibility index (Phi) is 3.08. The van der Waals surface area contributed by atoms with Crippen molar-refractivity contribution in [2.75, 3.05) is 0 Å². The molecule has 0 fully saturated rings. The average Bonchev–Trinajstić information content (AvgIpc) is 3.15. The minimum atomic E-state index is -0.128. The largest absolute Gasteiger partial charge is 0.343 e. The minimum Gasteiger partial charge on any atom is -0.343 e. The van der Waals surface area contributed by atoms with E-state index in [1.807, 2.05) is 70.7 Å². The van der Waals surface area contributed by atoms with Gasteiger partial charge in [0.25, 0.3) is 5.91 Å². The summed E-state index contributed by atoms with van der Waals surface area (Å²) >= 11 is 0. The average molecular weight is 305 g/mol. The second kappa shape index (κ2) is 5.24. The zero-order valence-electron chi connectivity index (χ0n) is 12.6. The van der Waals surface area contributed by atoms with Crippen molar-refractivity contribution < 1.29 is 4.79 Å². The van der Waals surface area contributed by atoms with Gasteiger partial charge in [0.15, 0.2) is 11.5 Å². The van der Waals surface area contributed by atoms with Crippen LogP contribution in [0, 0.1) is 0 Å². The molecule has 0 unspecified atom stereocenters. The van der Waals surface area contributed by atoms with E-state index in [0.29, 0.717) is 18.1 Å². The fourth-order valence-corrected chi connectivity index (χ4v) is 2.77. The van der Waals surface area contributed by atoms with Gasteiger partial charge in [0.2, 0.25) is 0 Å². The van der Waals surface area contributed by atoms with E-state index in [4.69, 9.17) is 0 Å². The number of para-hydroxylation sites is 1. The Balaban J connectivity index is 1.59. The van der Waals surface area contributed by atoms with Gasteiger partial charge in [0, 0.05) is 24.1 Å². The normalized spacial score (nSPS) is 11.2. The number of nitrogens with one attached hydrogen (secondary N) is 1. The summed E-state index contributed by atoms with van der Waals surface area (Å²) < 4.78 is 3.76. The van der Waals surface area contributed by atoms with Gasteiger partial charge in [-0.3, -0.25) is 9.20 Å². The molecule has 3 aromatic heterocycles. The van der Waals surface area contributed by atoms with Gasteiger partial charge in [-0.05, 0) is 24.3 Å². The first kappa shape index (κ1) is 13.5. The maximum absolute atomic E-state index is 12.5. The highest BCUT2D eigenvalue weighted by Crippen LogP contribution is 2.18. The van der Waals surface area contributed by atoms with Crippen LogP contribution >= 0.6 is 0 Å². The van der Waals surface area contributed by atoms with E-state index < -0.39 is 0 Å². The molecular formula is C17H15N5O. The maximum Gasteiger partial charge on any atom is 0.268 e. The van der Waals surface area contributed by atoms with Crippen LogP contribution in [0.4, 0.5) is 0 Å². The fraction of sp³-hybridized carbons (Fsp3) is 0.118. The van der Waals surface area contributed by atoms with Crippen LogP contribution < -0.4 is 5.32 Å². The molecule has 3 heterocycles. The Morgan fingerprint density at radius 2 is 1.96 bits per heavy atom. The lowest BCUT2D eigenvalue weighted by Crippen LogP contribution is -2.25. The molecule has 1 amide bonds. The van der Waals surface area contributed by atoms with Gasteiger partial charge in [-0.1, -0.05) is 24.3 Å². The first-order chi connectivity index (χ1) is 11.2. The predicted molar refractivity (Wildman–Crippen MR) is 87.1 cm³/mol. The maximum atomic E-state index is 12.5. The molecule has 0 radical (unpaired) electrons. The summed E-state index contributed by atoms with van der Waals surface area (Å²) in [5.74, 6) is 0.573. The lowest BCUT2D eigenvalue weighted by Gasteiger charge is -2.05. The monoisotopic (exact) mass is 305 g/mol. The Hall–Kier alpha value is -3.15. The molecule has 114 valence electrons. The molecule has 0 aliphatic heterocycles. The van der Waals surface area contributed by atoms with Crippen LogP contribution in [0.5, 0.6) is 0 Å². The molecule has 4 aromatic rings. The Morgan fingerprint density at radius 3 is 2.83 bits per heavy atom. The van der Waals surface area contributed by atoms with Crippen LogP contribution in [0.15, 0.2) is 54.7 Å². The first-order valence-corrected chi connectivity index (χ1v) is 7.35. The molecule has 0 aliphatic rings. The molecule has 23 heavy (non-hydrogen) atoms. The van der Waals surface area contributed by atoms with Crippen LogP contribution in [-0.4, -0.2) is 25.1 Å². The molecule has 0 saturated carbocycles. The summed E-state index contributed by atoms with van der Waals surface area (Å²) in [7, 11) is 1.89. The summed E-state index contributed by atoms with van der Waals surface area (Å²) in [6, 6.07) is 15.5. The van der Waals surface area contributed by atoms with Crippen LogP contribution in [0.1, 0.15) is 16.3 Å². The Morgan fingerprint density at radius 1 is 1.13 bits per heavy atom. The number of pyridine rings is 1. The van der Waals surface area contributed by atoms with Crippen LogP contribution in [0.25, 0.3) is 16.6 Å². The number of rotatable bonds is 3. The molecule has 0 saturated heterocycles. The number of hydrogen-bond donors (Lipinski definition) is 1. The topological polar surface area (TPSA) is 64.2 Å². The number of aryl methyl sites for hydroxylation is 1. The number of aromatic nitrogens is 4. The smallest absolute Gasteiger partial charge is 0.268 e. The van der Waals surface area contributed by atoms with Gasteiger partial charge in [-0.15, -0.1) is 10.2 Å². The number of nitrogens with zero attached hydrogens (tertiary/aromatic N) is 4. The van der Waals surface area contributed by atoms with Gasteiger partial charge in [-0.25, -0.2) is 0 Å². The molecule has 4 rings (SSSR count). The molecule has 0 atom stereocenters. The van der Waals surface area contributed by atoms with Crippen LogP contribution in [0.3, 0.4) is 0 Å². The van der Waals surface area contributed by atoms with E-state index in [9.17, 15) is 4.79 Å². The fourth-order valence-electron chi connectivity index (χ4n) is 2.77. The standard InChI is InChI=1S/C17H15N5O/c1-21-13-7-3-2-6-12(13)10-14(21)17(23)18-11-16-20-19-15-8-4-5-9-22(15)16/h2-10H,11H2,1H3,(H,18,23). The molecule has 1 N–H and O–H groups in total. The summed E-state index contributed by atoms with van der Waals surface area (Å²) in [4.78, 5) is 12.5. The van der Waals surface area contributed by atoms with Crippen molar-refractivity contribution in [1.29, 1.82) is 0 Å². The summed E-state index contributed by atoms with van der Waals surface area (Å²) in [5, 5.41) is 12.2. The van der Waals surface area contributed by atoms with E-state index in [2.05, 4.69) is 15.5 Å². The van der Waals surface area contributed by atoms with E-state index in [1.54, 1.807) is 0 Å². The SMILES string of the molecule is Cn1c(C(=O)NCc2nnc3ccccn23)cc2ccccc21. The molecule has 1 aromatic carbocycles. The number of carbonyl (C=O) groups is 1. The lowest BCUT2D eigenvalue weighted by atomic mass is 10.2. The number of carbonyl (C=O) groups excluding carboxylic acids is 1. The van der Waals surface area contributed by atoms with E-state index in [-0.39, 0.29) is 5.91 Å². The Bertz CT molecular complexity index is 1010. The molecule has 0 bridgehead atoms. The minimum absolute atomic E-state index is 0.128. The molecule has 6 heteroatoms. The summed E-state index contributed by atoms with van der Waals surface area (Å²) in [6.45, 7) is 0.325. The van der Waals surface area contributed by atoms with Crippen molar-refractivity contribution in [3.05, 3.63) is 66.2 Å². The van der Waals surface area contributed by atoms with Gasteiger partial charge >= 0.3 is 0 Å². The highest BCUT2D eigenvalue weighted by Gasteiger charge is 2.14. The lowest BCUT2D eigenvalue weighted by molar-refractivity contribution is 0.0942. The summed E-state index contributed by atoms with van der Waals surface area (Å²) in [6.07, 6.45) is 1.88. The number of fused-ring (bicyclic) bond motifs is 2. The van der Waals surface area contributed by atoms with Crippen molar-refractivity contribution >= 4 is 22.5 Å². The predicted octanol–water partition coefficient (Wildman–Crippen LogP) is 2.15. The van der Waals surface area contributed by atoms with Crippen molar-refractivity contribution in [3.8, 4) is 0 Å². The highest BCUT2D eigenvalue weighted by atomic mass is 16.1. The van der Waals surface area contributed by atoms with Crippen molar-refractivity contribution in [1.82, 2.24) is 24.5 Å². The third-order valence-corrected chi connectivity index (χ3v) is 3.98. The zero-order chi connectivity index (χ0) is 15.8. The quantitative estimate of drug-likeness (QED) is 0.631. The number of amides is 1. The van der Waals surface area contributed by atoms with Crippen molar-refractivity contribution in [2.45, 2.75) is 6.54 Å². The number of hydrogen-bond acceptors (Lipinski definition) is 3. The summed E-state index contributed by atoms with van der Waals surface area (Å²) in [5.41, 5.74) is 2.42. The van der Waals surface area contributed by atoms with Crippen LogP contribution in [-0.2, 0) is 13.6 Å². The van der Waals surface area contributed by atoms with Gasteiger partial charge in [0.05, 0.1) is 6.54 Å². The van der Waals surface area contributed by atoms with Gasteiger partial charge in [-0.2, -0.15) is 0 Å². The zero-order valence-corrected chi connectivity index (χ0v) is 12.6. The Labute approximate surface area is 132 Å². The molecular weight excluding hydrogens is 290 g/mol. The van der Waals surface area contributed by atoms with E-state index in [1.165, 1.54) is 0 Å².